The molecule has 0 radical (unpaired) electrons. The topological polar surface area (TPSA) is 17.1 Å². The van der Waals surface area contributed by atoms with Crippen molar-refractivity contribution < 1.29 is 4.79 Å². The summed E-state index contributed by atoms with van der Waals surface area (Å²) < 4.78 is 0. The molecule has 0 amide bonds. The van der Waals surface area contributed by atoms with Crippen molar-refractivity contribution in [2.24, 2.45) is 17.8 Å². The highest BCUT2D eigenvalue weighted by Gasteiger charge is 2.07. The third kappa shape index (κ3) is 14.2. The van der Waals surface area contributed by atoms with Crippen molar-refractivity contribution in [1.82, 2.24) is 0 Å². The van der Waals surface area contributed by atoms with Crippen molar-refractivity contribution in [2.45, 2.75) is 85.5 Å². The highest BCUT2D eigenvalue weighted by Crippen LogP contribution is 2.21. The van der Waals surface area contributed by atoms with Crippen LogP contribution in [-0.4, -0.2) is 5.24 Å². The first-order chi connectivity index (χ1) is 8.91. The fourth-order valence-corrected chi connectivity index (χ4v) is 2.70. The number of carbonyl (C=O) groups is 1. The molecule has 0 aromatic heterocycles. The smallest absolute Gasteiger partial charge is 0.221 e. The summed E-state index contributed by atoms with van der Waals surface area (Å²) in [5.41, 5.74) is 0. The van der Waals surface area contributed by atoms with E-state index in [-0.39, 0.29) is 5.24 Å². The largest absolute Gasteiger partial charge is 0.281 e. The fourth-order valence-electron chi connectivity index (χ4n) is 2.57. The number of rotatable bonds is 12. The number of carbonyl (C=O) groups excluding carboxylic acids is 1. The van der Waals surface area contributed by atoms with Gasteiger partial charge in [0.2, 0.25) is 5.24 Å². The summed E-state index contributed by atoms with van der Waals surface area (Å²) in [5.74, 6) is 2.45. The molecule has 0 saturated carbocycles. The van der Waals surface area contributed by atoms with E-state index in [4.69, 9.17) is 11.6 Å². The van der Waals surface area contributed by atoms with E-state index in [1.165, 1.54) is 38.5 Å². The van der Waals surface area contributed by atoms with E-state index in [9.17, 15) is 4.79 Å². The van der Waals surface area contributed by atoms with Crippen molar-refractivity contribution in [2.75, 3.05) is 0 Å². The molecule has 2 heteroatoms. The first kappa shape index (κ1) is 19.0. The van der Waals surface area contributed by atoms with Gasteiger partial charge in [0.05, 0.1) is 0 Å². The minimum Gasteiger partial charge on any atom is -0.281 e. The van der Waals surface area contributed by atoms with Gasteiger partial charge in [0.25, 0.3) is 0 Å². The van der Waals surface area contributed by atoms with E-state index < -0.39 is 0 Å². The van der Waals surface area contributed by atoms with Crippen LogP contribution >= 0.6 is 11.6 Å². The van der Waals surface area contributed by atoms with Gasteiger partial charge >= 0.3 is 0 Å². The Morgan fingerprint density at radius 2 is 1.21 bits per heavy atom. The molecule has 19 heavy (non-hydrogen) atoms. The minimum atomic E-state index is -0.189. The molecule has 0 spiro atoms. The lowest BCUT2D eigenvalue weighted by atomic mass is 9.92. The van der Waals surface area contributed by atoms with Gasteiger partial charge in [0, 0.05) is 6.42 Å². The third-order valence-electron chi connectivity index (χ3n) is 3.94. The van der Waals surface area contributed by atoms with Gasteiger partial charge in [-0.15, -0.1) is 0 Å². The van der Waals surface area contributed by atoms with Crippen LogP contribution in [0.15, 0.2) is 0 Å². The molecule has 1 nitrogen and oxygen atoms in total. The highest BCUT2D eigenvalue weighted by molar-refractivity contribution is 6.63. The zero-order valence-corrected chi connectivity index (χ0v) is 14.1. The molecular formula is C17H33ClO. The van der Waals surface area contributed by atoms with Crippen LogP contribution < -0.4 is 0 Å². The predicted octanol–water partition coefficient (Wildman–Crippen LogP) is 6.19. The Kier molecular flexibility index (Phi) is 11.7. The van der Waals surface area contributed by atoms with Crippen LogP contribution in [0, 0.1) is 17.8 Å². The Balaban J connectivity index is 3.42. The molecule has 0 bridgehead atoms. The van der Waals surface area contributed by atoms with E-state index in [0.29, 0.717) is 6.42 Å². The Hall–Kier alpha value is -0.0400. The van der Waals surface area contributed by atoms with Gasteiger partial charge in [-0.1, -0.05) is 72.6 Å². The first-order valence-electron chi connectivity index (χ1n) is 8.10. The van der Waals surface area contributed by atoms with Crippen molar-refractivity contribution in [3.05, 3.63) is 0 Å². The van der Waals surface area contributed by atoms with Gasteiger partial charge in [-0.3, -0.25) is 4.79 Å². The van der Waals surface area contributed by atoms with Gasteiger partial charge in [-0.25, -0.2) is 0 Å². The summed E-state index contributed by atoms with van der Waals surface area (Å²) in [6, 6.07) is 0. The van der Waals surface area contributed by atoms with Crippen LogP contribution in [0.2, 0.25) is 0 Å². The summed E-state index contributed by atoms with van der Waals surface area (Å²) in [5, 5.41) is -0.189. The van der Waals surface area contributed by atoms with Gasteiger partial charge in [0.1, 0.15) is 0 Å². The average Bonchev–Trinajstić information content (AvgIpc) is 2.27. The maximum absolute atomic E-state index is 10.6. The molecule has 0 aromatic rings. The average molecular weight is 289 g/mol. The molecule has 0 aliphatic carbocycles. The normalized spacial score (nSPS) is 14.6. The van der Waals surface area contributed by atoms with Crippen LogP contribution in [0.3, 0.4) is 0 Å². The SMILES string of the molecule is CC(C)CCCC(C)CCCC(C)CCCC(=O)Cl. The Morgan fingerprint density at radius 1 is 0.789 bits per heavy atom. The van der Waals surface area contributed by atoms with E-state index in [1.54, 1.807) is 0 Å². The second kappa shape index (κ2) is 11.8. The summed E-state index contributed by atoms with van der Waals surface area (Å²) in [7, 11) is 0. The molecule has 0 saturated heterocycles. The van der Waals surface area contributed by atoms with Crippen LogP contribution in [0.4, 0.5) is 0 Å². The van der Waals surface area contributed by atoms with E-state index in [1.807, 2.05) is 0 Å². The van der Waals surface area contributed by atoms with E-state index in [0.717, 1.165) is 30.6 Å². The molecule has 0 N–H and O–H groups in total. The van der Waals surface area contributed by atoms with Crippen LogP contribution in [0.1, 0.15) is 85.5 Å². The number of hydrogen-bond donors (Lipinski definition) is 0. The molecule has 0 aromatic carbocycles. The lowest BCUT2D eigenvalue weighted by Crippen LogP contribution is -2.00. The fraction of sp³-hybridized carbons (Fsp3) is 0.941. The van der Waals surface area contributed by atoms with Crippen molar-refractivity contribution in [3.63, 3.8) is 0 Å². The van der Waals surface area contributed by atoms with Crippen LogP contribution in [0.5, 0.6) is 0 Å². The molecule has 2 atom stereocenters. The van der Waals surface area contributed by atoms with Gasteiger partial charge in [-0.2, -0.15) is 0 Å². The summed E-state index contributed by atoms with van der Waals surface area (Å²) in [4.78, 5) is 10.6. The Labute approximate surface area is 125 Å². The molecule has 0 fully saturated rings. The molecule has 0 aliphatic rings. The first-order valence-corrected chi connectivity index (χ1v) is 8.48. The minimum absolute atomic E-state index is 0.189. The number of halogens is 1. The monoisotopic (exact) mass is 288 g/mol. The van der Waals surface area contributed by atoms with Gasteiger partial charge in [-0.05, 0) is 35.8 Å². The maximum atomic E-state index is 10.6. The maximum Gasteiger partial charge on any atom is 0.221 e. The number of hydrogen-bond acceptors (Lipinski definition) is 1. The lowest BCUT2D eigenvalue weighted by Gasteiger charge is -2.14. The predicted molar refractivity (Wildman–Crippen MR) is 85.6 cm³/mol. The Morgan fingerprint density at radius 3 is 1.63 bits per heavy atom. The summed E-state index contributed by atoms with van der Waals surface area (Å²) >= 11 is 5.34. The molecule has 0 rings (SSSR count). The zero-order valence-electron chi connectivity index (χ0n) is 13.4. The highest BCUT2D eigenvalue weighted by atomic mass is 35.5. The van der Waals surface area contributed by atoms with Gasteiger partial charge in [0.15, 0.2) is 0 Å². The van der Waals surface area contributed by atoms with Crippen LogP contribution in [0.25, 0.3) is 0 Å². The zero-order chi connectivity index (χ0) is 14.7. The molecule has 114 valence electrons. The van der Waals surface area contributed by atoms with Crippen molar-refractivity contribution in [1.29, 1.82) is 0 Å². The van der Waals surface area contributed by atoms with Crippen molar-refractivity contribution in [3.8, 4) is 0 Å². The van der Waals surface area contributed by atoms with Crippen molar-refractivity contribution >= 4 is 16.8 Å². The molecule has 0 heterocycles. The quantitative estimate of drug-likeness (QED) is 0.391. The van der Waals surface area contributed by atoms with Crippen LogP contribution in [-0.2, 0) is 4.79 Å². The molecule has 0 aliphatic heterocycles. The standard InChI is InChI=1S/C17H33ClO/c1-14(2)8-5-9-15(3)10-6-11-16(4)12-7-13-17(18)19/h14-16H,5-13H2,1-4H3. The van der Waals surface area contributed by atoms with E-state index >= 15 is 0 Å². The van der Waals surface area contributed by atoms with Gasteiger partial charge < -0.3 is 0 Å². The lowest BCUT2D eigenvalue weighted by molar-refractivity contribution is -0.111. The Bertz CT molecular complexity index is 225. The molecule has 2 unspecified atom stereocenters. The second-order valence-corrected chi connectivity index (χ2v) is 7.13. The molecular weight excluding hydrogens is 256 g/mol. The summed E-state index contributed by atoms with van der Waals surface area (Å²) in [6.45, 7) is 9.29. The summed E-state index contributed by atoms with van der Waals surface area (Å²) in [6.07, 6.45) is 10.7. The van der Waals surface area contributed by atoms with E-state index in [2.05, 4.69) is 27.7 Å². The second-order valence-electron chi connectivity index (χ2n) is 6.71. The third-order valence-corrected chi connectivity index (χ3v) is 4.13.